The standard InChI is InChI=1S/C17H15N3S2/c1-21-13-4-2-3-12(9-13)19-17-18-10-11-5-6-15-14(7-8-22-15)16(11)20-17/h2-6,9-10H,7-8H2,1H3,(H,18,19,20)/p+1. The van der Waals surface area contributed by atoms with Crippen LogP contribution < -0.4 is 10.3 Å². The van der Waals surface area contributed by atoms with Gasteiger partial charge in [-0.3, -0.25) is 0 Å². The van der Waals surface area contributed by atoms with Gasteiger partial charge in [-0.25, -0.2) is 10.3 Å². The second-order valence-electron chi connectivity index (χ2n) is 5.18. The Morgan fingerprint density at radius 1 is 1.27 bits per heavy atom. The zero-order chi connectivity index (χ0) is 14.9. The first-order valence-corrected chi connectivity index (χ1v) is 9.43. The van der Waals surface area contributed by atoms with Crippen LogP contribution in [0.25, 0.3) is 10.9 Å². The maximum absolute atomic E-state index is 4.81. The number of aromatic amines is 1. The van der Waals surface area contributed by atoms with E-state index in [1.807, 2.05) is 18.0 Å². The topological polar surface area (TPSA) is 39.1 Å². The largest absolute Gasteiger partial charge is 0.394 e. The second-order valence-corrected chi connectivity index (χ2v) is 7.20. The molecule has 4 rings (SSSR count). The molecule has 0 atom stereocenters. The van der Waals surface area contributed by atoms with Crippen LogP contribution in [0.4, 0.5) is 11.6 Å². The van der Waals surface area contributed by atoms with Crippen molar-refractivity contribution in [3.63, 3.8) is 0 Å². The predicted molar refractivity (Wildman–Crippen MR) is 94.2 cm³/mol. The fourth-order valence-corrected chi connectivity index (χ4v) is 4.24. The maximum Gasteiger partial charge on any atom is 0.394 e. The Balaban J connectivity index is 1.73. The van der Waals surface area contributed by atoms with Crippen molar-refractivity contribution in [3.05, 3.63) is 48.2 Å². The van der Waals surface area contributed by atoms with Gasteiger partial charge in [-0.1, -0.05) is 11.1 Å². The fraction of sp³-hybridized carbons (Fsp3) is 0.176. The number of thioether (sulfide) groups is 2. The predicted octanol–water partition coefficient (Wildman–Crippen LogP) is 4.16. The van der Waals surface area contributed by atoms with Crippen molar-refractivity contribution in [3.8, 4) is 0 Å². The van der Waals surface area contributed by atoms with Crippen LogP contribution in [0.2, 0.25) is 0 Å². The zero-order valence-corrected chi connectivity index (χ0v) is 13.9. The summed E-state index contributed by atoms with van der Waals surface area (Å²) in [6.07, 6.45) is 5.22. The van der Waals surface area contributed by atoms with E-state index in [1.54, 1.807) is 11.8 Å². The van der Waals surface area contributed by atoms with Crippen molar-refractivity contribution >= 4 is 46.1 Å². The van der Waals surface area contributed by atoms with Gasteiger partial charge in [-0.15, -0.1) is 23.5 Å². The molecule has 22 heavy (non-hydrogen) atoms. The first-order valence-electron chi connectivity index (χ1n) is 7.22. The number of aryl methyl sites for hydroxylation is 1. The number of aromatic nitrogens is 2. The van der Waals surface area contributed by atoms with Crippen molar-refractivity contribution in [2.24, 2.45) is 0 Å². The average Bonchev–Trinajstić information content (AvgIpc) is 3.04. The van der Waals surface area contributed by atoms with E-state index in [9.17, 15) is 0 Å². The SMILES string of the molecule is CSc1cccc(Nc2nc3c4c(ccc3c[nH+]2)SCC4)c1. The number of rotatable bonds is 3. The first-order chi connectivity index (χ1) is 10.8. The highest BCUT2D eigenvalue weighted by Gasteiger charge is 2.19. The van der Waals surface area contributed by atoms with Crippen LogP contribution in [0.15, 0.2) is 52.4 Å². The highest BCUT2D eigenvalue weighted by atomic mass is 32.2. The molecule has 0 aliphatic carbocycles. The third-order valence-corrected chi connectivity index (χ3v) is 5.63. The Labute approximate surface area is 137 Å². The van der Waals surface area contributed by atoms with Crippen molar-refractivity contribution in [1.29, 1.82) is 0 Å². The van der Waals surface area contributed by atoms with E-state index in [-0.39, 0.29) is 0 Å². The van der Waals surface area contributed by atoms with Gasteiger partial charge in [0.15, 0.2) is 5.52 Å². The lowest BCUT2D eigenvalue weighted by Crippen LogP contribution is -2.12. The third kappa shape index (κ3) is 2.55. The van der Waals surface area contributed by atoms with E-state index in [2.05, 4.69) is 53.0 Å². The summed E-state index contributed by atoms with van der Waals surface area (Å²) in [5, 5.41) is 4.55. The summed E-state index contributed by atoms with van der Waals surface area (Å²) >= 11 is 3.66. The summed E-state index contributed by atoms with van der Waals surface area (Å²) < 4.78 is 0. The highest BCUT2D eigenvalue weighted by Crippen LogP contribution is 2.35. The average molecular weight is 326 g/mol. The molecule has 2 aromatic carbocycles. The van der Waals surface area contributed by atoms with E-state index in [0.29, 0.717) is 0 Å². The molecule has 2 heterocycles. The summed E-state index contributed by atoms with van der Waals surface area (Å²) in [7, 11) is 0. The Morgan fingerprint density at radius 2 is 2.23 bits per heavy atom. The van der Waals surface area contributed by atoms with E-state index in [0.717, 1.165) is 29.3 Å². The first kappa shape index (κ1) is 13.9. The summed E-state index contributed by atoms with van der Waals surface area (Å²) in [5.41, 5.74) is 3.55. The van der Waals surface area contributed by atoms with Gasteiger partial charge in [0.2, 0.25) is 0 Å². The molecule has 1 aliphatic rings. The molecule has 1 aromatic heterocycles. The van der Waals surface area contributed by atoms with Gasteiger partial charge in [0, 0.05) is 26.5 Å². The van der Waals surface area contributed by atoms with E-state index < -0.39 is 0 Å². The van der Waals surface area contributed by atoms with Gasteiger partial charge < -0.3 is 0 Å². The molecule has 5 heteroatoms. The maximum atomic E-state index is 4.81. The summed E-state index contributed by atoms with van der Waals surface area (Å²) in [6.45, 7) is 0. The molecule has 110 valence electrons. The molecule has 3 aromatic rings. The number of nitrogens with zero attached hydrogens (tertiary/aromatic N) is 1. The van der Waals surface area contributed by atoms with Gasteiger partial charge in [-0.05, 0) is 43.0 Å². The van der Waals surface area contributed by atoms with Crippen molar-refractivity contribution < 1.29 is 4.98 Å². The molecule has 2 N–H and O–H groups in total. The van der Waals surface area contributed by atoms with Crippen LogP contribution in [0, 0.1) is 0 Å². The van der Waals surface area contributed by atoms with E-state index in [1.165, 1.54) is 20.7 Å². The monoisotopic (exact) mass is 326 g/mol. The molecule has 3 nitrogen and oxygen atoms in total. The molecular formula is C17H16N3S2+. The smallest absolute Gasteiger partial charge is 0.248 e. The van der Waals surface area contributed by atoms with Gasteiger partial charge >= 0.3 is 5.95 Å². The number of fused-ring (bicyclic) bond motifs is 3. The summed E-state index contributed by atoms with van der Waals surface area (Å²) in [4.78, 5) is 10.7. The molecule has 0 spiro atoms. The second kappa shape index (κ2) is 5.82. The molecule has 0 radical (unpaired) electrons. The molecule has 0 unspecified atom stereocenters. The molecule has 0 saturated heterocycles. The van der Waals surface area contributed by atoms with Crippen LogP contribution in [0.3, 0.4) is 0 Å². The lowest BCUT2D eigenvalue weighted by Gasteiger charge is -2.03. The molecular weight excluding hydrogens is 310 g/mol. The zero-order valence-electron chi connectivity index (χ0n) is 12.2. The number of hydrogen-bond acceptors (Lipinski definition) is 4. The van der Waals surface area contributed by atoms with E-state index in [4.69, 9.17) is 4.98 Å². The highest BCUT2D eigenvalue weighted by molar-refractivity contribution is 7.99. The normalized spacial score (nSPS) is 13.3. The quantitative estimate of drug-likeness (QED) is 0.734. The lowest BCUT2D eigenvalue weighted by molar-refractivity contribution is -0.362. The van der Waals surface area contributed by atoms with Crippen LogP contribution in [-0.4, -0.2) is 17.0 Å². The summed E-state index contributed by atoms with van der Waals surface area (Å²) in [5.74, 6) is 1.95. The van der Waals surface area contributed by atoms with Crippen LogP contribution >= 0.6 is 23.5 Å². The minimum absolute atomic E-state index is 0.788. The minimum Gasteiger partial charge on any atom is -0.248 e. The van der Waals surface area contributed by atoms with E-state index >= 15 is 0 Å². The molecule has 0 saturated carbocycles. The number of H-pyrrole nitrogens is 1. The third-order valence-electron chi connectivity index (χ3n) is 3.80. The minimum atomic E-state index is 0.788. The van der Waals surface area contributed by atoms with Crippen LogP contribution in [-0.2, 0) is 6.42 Å². The van der Waals surface area contributed by atoms with Crippen LogP contribution in [0.5, 0.6) is 0 Å². The van der Waals surface area contributed by atoms with Crippen LogP contribution in [0.1, 0.15) is 5.56 Å². The van der Waals surface area contributed by atoms with Crippen molar-refractivity contribution in [2.45, 2.75) is 16.2 Å². The van der Waals surface area contributed by atoms with Crippen molar-refractivity contribution in [1.82, 2.24) is 4.98 Å². The fourth-order valence-electron chi connectivity index (χ4n) is 2.72. The molecule has 0 amide bonds. The van der Waals surface area contributed by atoms with Gasteiger partial charge in [-0.2, -0.15) is 0 Å². The Bertz CT molecular complexity index is 848. The number of anilines is 2. The Morgan fingerprint density at radius 3 is 3.14 bits per heavy atom. The Kier molecular flexibility index (Phi) is 3.68. The molecule has 0 bridgehead atoms. The number of hydrogen-bond donors (Lipinski definition) is 1. The Hall–Kier alpha value is -1.72. The number of nitrogens with one attached hydrogen (secondary N) is 2. The molecule has 1 aliphatic heterocycles. The van der Waals surface area contributed by atoms with Gasteiger partial charge in [0.25, 0.3) is 0 Å². The summed E-state index contributed by atoms with van der Waals surface area (Å²) in [6, 6.07) is 12.7. The van der Waals surface area contributed by atoms with Gasteiger partial charge in [0.1, 0.15) is 5.69 Å². The molecule has 0 fully saturated rings. The lowest BCUT2D eigenvalue weighted by atomic mass is 10.1. The number of benzene rings is 2. The van der Waals surface area contributed by atoms with Gasteiger partial charge in [0.05, 0.1) is 6.20 Å². The van der Waals surface area contributed by atoms with Crippen molar-refractivity contribution in [2.75, 3.05) is 17.3 Å².